The van der Waals surface area contributed by atoms with Gasteiger partial charge >= 0.3 is 0 Å². The van der Waals surface area contributed by atoms with E-state index in [0.29, 0.717) is 36.5 Å². The van der Waals surface area contributed by atoms with E-state index in [0.717, 1.165) is 50.7 Å². The molecule has 0 aromatic carbocycles. The molecule has 21 atom stereocenters. The Hall–Kier alpha value is -0.980. The van der Waals surface area contributed by atoms with Gasteiger partial charge in [0.2, 0.25) is 0 Å². The summed E-state index contributed by atoms with van der Waals surface area (Å²) in [5, 5.41) is 92.4. The monoisotopic (exact) mass is 756 g/mol. The van der Waals surface area contributed by atoms with Gasteiger partial charge in [-0.1, -0.05) is 20.8 Å². The van der Waals surface area contributed by atoms with Crippen molar-refractivity contribution in [3.05, 3.63) is 11.3 Å². The second-order valence-corrected chi connectivity index (χ2v) is 18.2. The molecule has 7 aliphatic rings. The Morgan fingerprint density at radius 1 is 0.774 bits per heavy atom. The van der Waals surface area contributed by atoms with Gasteiger partial charge in [-0.2, -0.15) is 0 Å². The maximum Gasteiger partial charge on any atom is 0.186 e. The molecule has 3 aliphatic heterocycles. The predicted molar refractivity (Wildman–Crippen MR) is 186 cm³/mol. The Morgan fingerprint density at radius 3 is 2.08 bits per heavy atom. The van der Waals surface area contributed by atoms with Crippen molar-refractivity contribution in [2.45, 2.75) is 165 Å². The van der Waals surface area contributed by atoms with E-state index < -0.39 is 80.7 Å². The van der Waals surface area contributed by atoms with Gasteiger partial charge in [0.1, 0.15) is 54.9 Å². The molecule has 3 heterocycles. The number of hydrogen-bond acceptors (Lipinski definition) is 14. The number of aliphatic hydroxyl groups excluding tert-OH is 9. The number of hydrogen-bond donors (Lipinski definition) is 9. The summed E-state index contributed by atoms with van der Waals surface area (Å²) in [5.41, 5.74) is 1.17. The lowest BCUT2D eigenvalue weighted by Crippen LogP contribution is -2.62. The van der Waals surface area contributed by atoms with Crippen LogP contribution in [0.1, 0.15) is 85.5 Å². The summed E-state index contributed by atoms with van der Waals surface area (Å²) in [6.07, 6.45) is -6.14. The smallest absolute Gasteiger partial charge is 0.186 e. The molecule has 14 nitrogen and oxygen atoms in total. The maximum absolute atomic E-state index is 11.9. The summed E-state index contributed by atoms with van der Waals surface area (Å²) in [7, 11) is 0. The molecule has 0 spiro atoms. The third-order valence-corrected chi connectivity index (χ3v) is 15.4. The van der Waals surface area contributed by atoms with E-state index in [1.54, 1.807) is 0 Å². The zero-order valence-electron chi connectivity index (χ0n) is 31.5. The topological polar surface area (TPSA) is 228 Å². The average molecular weight is 757 g/mol. The standard InChI is InChI=1S/C39H64O14/c1-17(16-49-36-34(47)32(45)30(43)26(14-40)52-36)5-8-24-18(2)29-25(51-24)13-23-21-7-6-19-11-20(50-37-35(48)33(46)31(44)27(15-41)53-37)12-28(42)39(19,4)22(21)9-10-38(23,29)3/h17,19-23,25-37,40-48H,5-16H2,1-4H3/t17-,19-,20-,21+,22-,23-,25-,26+,27+,28+,29-,30+,31+,32-,33-,34+,35+,36+,37+,38-,39-/m0/s1. The minimum Gasteiger partial charge on any atom is -0.494 e. The van der Waals surface area contributed by atoms with Gasteiger partial charge in [-0.3, -0.25) is 0 Å². The van der Waals surface area contributed by atoms with Crippen LogP contribution in [0.25, 0.3) is 0 Å². The summed E-state index contributed by atoms with van der Waals surface area (Å²) >= 11 is 0. The highest BCUT2D eigenvalue weighted by atomic mass is 16.7. The first-order valence-electron chi connectivity index (χ1n) is 20.1. The summed E-state index contributed by atoms with van der Waals surface area (Å²) in [5.74, 6) is 3.08. The van der Waals surface area contributed by atoms with Crippen LogP contribution in [0.15, 0.2) is 11.3 Å². The molecule has 4 saturated carbocycles. The van der Waals surface area contributed by atoms with Crippen molar-refractivity contribution in [1.82, 2.24) is 0 Å². The molecule has 14 heteroatoms. The predicted octanol–water partition coefficient (Wildman–Crippen LogP) is 0.317. The summed E-state index contributed by atoms with van der Waals surface area (Å²) in [6.45, 7) is 8.27. The largest absolute Gasteiger partial charge is 0.494 e. The van der Waals surface area contributed by atoms with E-state index in [1.165, 1.54) is 5.57 Å². The number of ether oxygens (including phenoxy) is 5. The zero-order chi connectivity index (χ0) is 38.1. The Bertz CT molecular complexity index is 1310. The molecule has 0 bridgehead atoms. The van der Waals surface area contributed by atoms with Crippen molar-refractivity contribution in [3.63, 3.8) is 0 Å². The second-order valence-electron chi connectivity index (χ2n) is 18.2. The number of fused-ring (bicyclic) bond motifs is 7. The fourth-order valence-electron chi connectivity index (χ4n) is 12.3. The average Bonchev–Trinajstić information content (AvgIpc) is 3.62. The summed E-state index contributed by atoms with van der Waals surface area (Å²) < 4.78 is 29.9. The number of aliphatic hydroxyl groups is 9. The molecule has 0 aromatic heterocycles. The minimum absolute atomic E-state index is 0.102. The van der Waals surface area contributed by atoms with Gasteiger partial charge in [0, 0.05) is 18.8 Å². The van der Waals surface area contributed by atoms with Crippen LogP contribution in [0, 0.1) is 46.3 Å². The van der Waals surface area contributed by atoms with Gasteiger partial charge in [-0.05, 0) is 97.9 Å². The molecule has 6 fully saturated rings. The molecule has 2 saturated heterocycles. The van der Waals surface area contributed by atoms with Crippen molar-refractivity contribution in [3.8, 4) is 0 Å². The molecule has 0 aromatic rings. The van der Waals surface area contributed by atoms with Crippen LogP contribution in [0.4, 0.5) is 0 Å². The SMILES string of the molecule is CC1=C(CC[C@H](C)CO[C@@H]2O[C@H](CO)[C@@H](O)[C@H](O)[C@H]2O)O[C@H]2C[C@H]3[C@@H]4CC[C@H]5C[C@H](O[C@@H]6O[C@H](CO)[C@@H](O)[C@H](O)[C@H]6O)C[C@@H](O)[C@]5(C)[C@H]4CC[C@]3(C)[C@@H]12. The minimum atomic E-state index is -1.50. The van der Waals surface area contributed by atoms with Gasteiger partial charge in [0.05, 0.1) is 37.8 Å². The third-order valence-electron chi connectivity index (χ3n) is 15.4. The molecular weight excluding hydrogens is 692 g/mol. The van der Waals surface area contributed by atoms with Crippen molar-refractivity contribution in [2.24, 2.45) is 46.3 Å². The van der Waals surface area contributed by atoms with E-state index in [4.69, 9.17) is 23.7 Å². The fraction of sp³-hybridized carbons (Fsp3) is 0.949. The highest BCUT2D eigenvalue weighted by Crippen LogP contribution is 2.70. The van der Waals surface area contributed by atoms with Gasteiger partial charge < -0.3 is 69.6 Å². The lowest BCUT2D eigenvalue weighted by atomic mass is 9.44. The Morgan fingerprint density at radius 2 is 1.42 bits per heavy atom. The first-order valence-corrected chi connectivity index (χ1v) is 20.1. The first kappa shape index (κ1) is 40.2. The van der Waals surface area contributed by atoms with Crippen LogP contribution in [0.2, 0.25) is 0 Å². The summed E-state index contributed by atoms with van der Waals surface area (Å²) in [4.78, 5) is 0. The molecule has 4 aliphatic carbocycles. The normalized spacial score (nSPS) is 53.0. The van der Waals surface area contributed by atoms with Gasteiger partial charge in [-0.15, -0.1) is 0 Å². The van der Waals surface area contributed by atoms with E-state index in [1.807, 2.05) is 0 Å². The van der Waals surface area contributed by atoms with Crippen molar-refractivity contribution in [1.29, 1.82) is 0 Å². The van der Waals surface area contributed by atoms with E-state index in [2.05, 4.69) is 27.7 Å². The second kappa shape index (κ2) is 15.4. The molecule has 0 unspecified atom stereocenters. The van der Waals surface area contributed by atoms with Crippen molar-refractivity contribution >= 4 is 0 Å². The zero-order valence-corrected chi connectivity index (χ0v) is 31.5. The fourth-order valence-corrected chi connectivity index (χ4v) is 12.3. The maximum atomic E-state index is 11.9. The van der Waals surface area contributed by atoms with Gasteiger partial charge in [0.25, 0.3) is 0 Å². The lowest BCUT2D eigenvalue weighted by Gasteiger charge is -2.62. The van der Waals surface area contributed by atoms with Crippen LogP contribution in [0.5, 0.6) is 0 Å². The quantitative estimate of drug-likeness (QED) is 0.137. The number of allylic oxidation sites excluding steroid dienone is 1. The number of rotatable bonds is 10. The van der Waals surface area contributed by atoms with Crippen LogP contribution in [0.3, 0.4) is 0 Å². The Labute approximate surface area is 312 Å². The lowest BCUT2D eigenvalue weighted by molar-refractivity contribution is -0.320. The van der Waals surface area contributed by atoms with Crippen LogP contribution in [-0.4, -0.2) is 146 Å². The van der Waals surface area contributed by atoms with Crippen LogP contribution < -0.4 is 0 Å². The van der Waals surface area contributed by atoms with E-state index >= 15 is 0 Å². The highest BCUT2D eigenvalue weighted by Gasteiger charge is 2.66. The first-order chi connectivity index (χ1) is 25.1. The van der Waals surface area contributed by atoms with Gasteiger partial charge in [0.15, 0.2) is 12.6 Å². The Kier molecular flexibility index (Phi) is 11.7. The molecule has 0 radical (unpaired) electrons. The van der Waals surface area contributed by atoms with E-state index in [9.17, 15) is 46.0 Å². The summed E-state index contributed by atoms with van der Waals surface area (Å²) in [6, 6.07) is 0. The molecule has 53 heavy (non-hydrogen) atoms. The Balaban J connectivity index is 0.951. The van der Waals surface area contributed by atoms with Crippen LogP contribution >= 0.6 is 0 Å². The molecular formula is C39H64O14. The molecule has 9 N–H and O–H groups in total. The molecule has 7 rings (SSSR count). The third kappa shape index (κ3) is 6.83. The molecule has 304 valence electrons. The van der Waals surface area contributed by atoms with Gasteiger partial charge in [-0.25, -0.2) is 0 Å². The molecule has 0 amide bonds. The van der Waals surface area contributed by atoms with Crippen molar-refractivity contribution in [2.75, 3.05) is 19.8 Å². The van der Waals surface area contributed by atoms with Crippen LogP contribution in [-0.2, 0) is 23.7 Å². The highest BCUT2D eigenvalue weighted by molar-refractivity contribution is 5.27. The van der Waals surface area contributed by atoms with E-state index in [-0.39, 0.29) is 41.5 Å². The van der Waals surface area contributed by atoms with Crippen molar-refractivity contribution < 1.29 is 69.6 Å².